The molecule has 1 N–H and O–H groups in total. The maximum atomic E-state index is 4.70. The van der Waals surface area contributed by atoms with Gasteiger partial charge in [-0.1, -0.05) is 99.2 Å². The lowest BCUT2D eigenvalue weighted by Crippen LogP contribution is -2.14. The Balaban J connectivity index is 2.99. The number of aliphatic imine (C=N–C) groups is 1. The Labute approximate surface area is 184 Å². The van der Waals surface area contributed by atoms with Crippen molar-refractivity contribution < 1.29 is 0 Å². The van der Waals surface area contributed by atoms with E-state index < -0.39 is 0 Å². The Bertz CT molecular complexity index is 845. The number of nitrogens with zero attached hydrogens (tertiary/aromatic N) is 1. The number of hydrogen-bond acceptors (Lipinski definition) is 1. The lowest BCUT2D eigenvalue weighted by atomic mass is 9.98. The van der Waals surface area contributed by atoms with Gasteiger partial charge in [-0.05, 0) is 55.9 Å². The molecule has 0 heterocycles. The Kier molecular flexibility index (Phi) is 12.6. The fraction of sp³-hybridized carbons (Fsp3) is 0.321. The number of benzene rings is 1. The largest absolute Gasteiger partial charge is 0.350 e. The molecule has 0 radical (unpaired) electrons. The van der Waals surface area contributed by atoms with E-state index in [2.05, 4.69) is 93.4 Å². The monoisotopic (exact) mass is 402 g/mol. The van der Waals surface area contributed by atoms with E-state index in [4.69, 9.17) is 4.99 Å². The SMILES string of the molecule is C=C(C(/C=C/CCC)=C/NC(C)=NCC(/C=C/CC)=C/C=C\C)c1cccc(C)c1. The highest BCUT2D eigenvalue weighted by Gasteiger charge is 2.04. The molecule has 0 fully saturated rings. The first-order valence-corrected chi connectivity index (χ1v) is 10.9. The zero-order valence-electron chi connectivity index (χ0n) is 19.4. The Morgan fingerprint density at radius 3 is 2.63 bits per heavy atom. The van der Waals surface area contributed by atoms with Crippen molar-refractivity contribution in [2.45, 2.75) is 53.9 Å². The van der Waals surface area contributed by atoms with Gasteiger partial charge in [0.25, 0.3) is 0 Å². The van der Waals surface area contributed by atoms with Gasteiger partial charge in [0.2, 0.25) is 0 Å². The van der Waals surface area contributed by atoms with Crippen LogP contribution in [-0.4, -0.2) is 12.4 Å². The minimum absolute atomic E-state index is 0.646. The maximum absolute atomic E-state index is 4.70. The smallest absolute Gasteiger partial charge is 0.0975 e. The van der Waals surface area contributed by atoms with Gasteiger partial charge in [-0.15, -0.1) is 0 Å². The van der Waals surface area contributed by atoms with Gasteiger partial charge in [0.05, 0.1) is 12.4 Å². The van der Waals surface area contributed by atoms with Crippen LogP contribution < -0.4 is 5.32 Å². The van der Waals surface area contributed by atoms with Crippen LogP contribution in [-0.2, 0) is 0 Å². The van der Waals surface area contributed by atoms with E-state index in [1.165, 1.54) is 11.1 Å². The molecule has 1 rings (SSSR count). The van der Waals surface area contributed by atoms with E-state index in [0.29, 0.717) is 6.54 Å². The number of amidine groups is 1. The van der Waals surface area contributed by atoms with Crippen LogP contribution in [0.3, 0.4) is 0 Å². The molecule has 160 valence electrons. The fourth-order valence-corrected chi connectivity index (χ4v) is 2.70. The summed E-state index contributed by atoms with van der Waals surface area (Å²) in [7, 11) is 0. The summed E-state index contributed by atoms with van der Waals surface area (Å²) in [4.78, 5) is 4.70. The van der Waals surface area contributed by atoms with Crippen molar-refractivity contribution in [2.75, 3.05) is 6.54 Å². The van der Waals surface area contributed by atoms with E-state index in [1.807, 2.05) is 26.1 Å². The predicted molar refractivity (Wildman–Crippen MR) is 136 cm³/mol. The number of rotatable bonds is 11. The van der Waals surface area contributed by atoms with Crippen molar-refractivity contribution in [1.29, 1.82) is 0 Å². The van der Waals surface area contributed by atoms with Gasteiger partial charge in [-0.25, -0.2) is 0 Å². The Morgan fingerprint density at radius 1 is 1.17 bits per heavy atom. The third-order valence-corrected chi connectivity index (χ3v) is 4.47. The average Bonchev–Trinajstić information content (AvgIpc) is 2.75. The van der Waals surface area contributed by atoms with Crippen LogP contribution in [0.2, 0.25) is 0 Å². The van der Waals surface area contributed by atoms with Gasteiger partial charge in [0.1, 0.15) is 0 Å². The quantitative estimate of drug-likeness (QED) is 0.229. The lowest BCUT2D eigenvalue weighted by Gasteiger charge is -2.10. The number of unbranched alkanes of at least 4 members (excludes halogenated alkanes) is 1. The van der Waals surface area contributed by atoms with Crippen LogP contribution in [0, 0.1) is 6.92 Å². The third-order valence-electron chi connectivity index (χ3n) is 4.47. The highest BCUT2D eigenvalue weighted by atomic mass is 15.0. The van der Waals surface area contributed by atoms with Gasteiger partial charge >= 0.3 is 0 Å². The molecule has 0 spiro atoms. The fourth-order valence-electron chi connectivity index (χ4n) is 2.70. The van der Waals surface area contributed by atoms with Crippen LogP contribution in [0.25, 0.3) is 5.57 Å². The van der Waals surface area contributed by atoms with Gasteiger partial charge in [-0.2, -0.15) is 0 Å². The van der Waals surface area contributed by atoms with E-state index >= 15 is 0 Å². The molecule has 2 heteroatoms. The van der Waals surface area contributed by atoms with E-state index in [9.17, 15) is 0 Å². The maximum Gasteiger partial charge on any atom is 0.0975 e. The molecule has 30 heavy (non-hydrogen) atoms. The topological polar surface area (TPSA) is 24.4 Å². The summed E-state index contributed by atoms with van der Waals surface area (Å²) in [6, 6.07) is 8.46. The van der Waals surface area contributed by atoms with Gasteiger partial charge in [0.15, 0.2) is 0 Å². The average molecular weight is 403 g/mol. The normalized spacial score (nSPS) is 13.7. The van der Waals surface area contributed by atoms with Gasteiger partial charge in [-0.3, -0.25) is 4.99 Å². The summed E-state index contributed by atoms with van der Waals surface area (Å²) >= 11 is 0. The van der Waals surface area contributed by atoms with Crippen LogP contribution in [0.1, 0.15) is 58.1 Å². The Morgan fingerprint density at radius 2 is 1.97 bits per heavy atom. The van der Waals surface area contributed by atoms with Gasteiger partial charge < -0.3 is 5.32 Å². The minimum Gasteiger partial charge on any atom is -0.350 e. The van der Waals surface area contributed by atoms with Crippen molar-refractivity contribution >= 4 is 11.4 Å². The molecule has 0 saturated heterocycles. The van der Waals surface area contributed by atoms with E-state index in [1.54, 1.807) is 0 Å². The predicted octanol–water partition coefficient (Wildman–Crippen LogP) is 7.73. The highest BCUT2D eigenvalue weighted by Crippen LogP contribution is 2.23. The molecule has 0 bridgehead atoms. The molecule has 0 unspecified atom stereocenters. The van der Waals surface area contributed by atoms with Crippen molar-refractivity contribution in [2.24, 2.45) is 4.99 Å². The summed E-state index contributed by atoms with van der Waals surface area (Å²) in [6.45, 7) is 15.4. The minimum atomic E-state index is 0.646. The summed E-state index contributed by atoms with van der Waals surface area (Å²) in [5.41, 5.74) is 5.63. The number of aryl methyl sites for hydroxylation is 1. The van der Waals surface area contributed by atoms with E-state index in [0.717, 1.165) is 41.8 Å². The molecule has 1 aromatic carbocycles. The van der Waals surface area contributed by atoms with Gasteiger partial charge in [0, 0.05) is 6.20 Å². The van der Waals surface area contributed by atoms with Crippen LogP contribution >= 0.6 is 0 Å². The van der Waals surface area contributed by atoms with Crippen LogP contribution in [0.15, 0.2) is 95.7 Å². The first-order valence-electron chi connectivity index (χ1n) is 10.9. The molecule has 0 aromatic heterocycles. The molecule has 0 atom stereocenters. The third kappa shape index (κ3) is 10.1. The van der Waals surface area contributed by atoms with Crippen molar-refractivity contribution in [3.8, 4) is 0 Å². The molecule has 0 amide bonds. The number of allylic oxidation sites excluding steroid dienone is 8. The zero-order chi connectivity index (χ0) is 22.2. The molecule has 0 saturated carbocycles. The molecular weight excluding hydrogens is 364 g/mol. The second-order valence-corrected chi connectivity index (χ2v) is 7.26. The Hall–Kier alpha value is -2.87. The molecule has 0 aliphatic carbocycles. The summed E-state index contributed by atoms with van der Waals surface area (Å²) in [5, 5.41) is 3.35. The van der Waals surface area contributed by atoms with E-state index in [-0.39, 0.29) is 0 Å². The standard InChI is InChI=1S/C28H38N2/c1-7-10-13-18-28(24(5)27-19-14-15-23(4)20-27)22-30-25(6)29-21-26(16-11-8-2)17-12-9-3/h8,11-20,22H,5,7,9-10,21H2,1-4,6H3,(H,29,30)/b11-8-,17-12+,18-13+,26-16+,28-22+. The van der Waals surface area contributed by atoms with Crippen molar-refractivity contribution in [3.63, 3.8) is 0 Å². The summed E-state index contributed by atoms with van der Waals surface area (Å²) in [5.74, 6) is 0.879. The van der Waals surface area contributed by atoms with Crippen molar-refractivity contribution in [3.05, 3.63) is 102 Å². The molecule has 2 nitrogen and oxygen atoms in total. The highest BCUT2D eigenvalue weighted by molar-refractivity contribution is 5.84. The molecular formula is C28H38N2. The second-order valence-electron chi connectivity index (χ2n) is 7.26. The lowest BCUT2D eigenvalue weighted by molar-refractivity contribution is 0.958. The van der Waals surface area contributed by atoms with Crippen LogP contribution in [0.4, 0.5) is 0 Å². The number of nitrogens with one attached hydrogen (secondary N) is 1. The molecule has 0 aliphatic heterocycles. The molecule has 0 aliphatic rings. The zero-order valence-corrected chi connectivity index (χ0v) is 19.4. The van der Waals surface area contributed by atoms with Crippen molar-refractivity contribution in [1.82, 2.24) is 5.32 Å². The first kappa shape index (κ1) is 25.2. The number of hydrogen-bond donors (Lipinski definition) is 1. The second kappa shape index (κ2) is 15.0. The summed E-state index contributed by atoms with van der Waals surface area (Å²) in [6.07, 6.45) is 20.1. The molecule has 1 aromatic rings. The van der Waals surface area contributed by atoms with Crippen LogP contribution in [0.5, 0.6) is 0 Å². The summed E-state index contributed by atoms with van der Waals surface area (Å²) < 4.78 is 0. The first-order chi connectivity index (χ1) is 14.5.